The van der Waals surface area contributed by atoms with E-state index in [1.165, 1.54) is 12.1 Å². The maximum Gasteiger partial charge on any atom is 0.416 e. The van der Waals surface area contributed by atoms with Crippen LogP contribution in [0.5, 0.6) is 5.75 Å². The first kappa shape index (κ1) is 20.2. The third kappa shape index (κ3) is 4.41. The van der Waals surface area contributed by atoms with E-state index in [4.69, 9.17) is 9.47 Å². The number of alkyl halides is 3. The number of halogens is 3. The van der Waals surface area contributed by atoms with Crippen LogP contribution in [-0.2, 0) is 17.5 Å². The van der Waals surface area contributed by atoms with Crippen molar-refractivity contribution in [3.8, 4) is 5.75 Å². The van der Waals surface area contributed by atoms with Crippen LogP contribution in [0.4, 0.5) is 13.2 Å². The van der Waals surface area contributed by atoms with Crippen molar-refractivity contribution in [1.82, 2.24) is 5.32 Å². The summed E-state index contributed by atoms with van der Waals surface area (Å²) in [5.74, 6) is 0.142. The van der Waals surface area contributed by atoms with Crippen LogP contribution < -0.4 is 10.1 Å². The molecule has 3 aromatic rings. The molecule has 1 amide bonds. The van der Waals surface area contributed by atoms with Gasteiger partial charge in [-0.2, -0.15) is 13.2 Å². The Bertz CT molecular complexity index is 1040. The Labute approximate surface area is 171 Å². The predicted molar refractivity (Wildman–Crippen MR) is 106 cm³/mol. The van der Waals surface area contributed by atoms with Gasteiger partial charge in [0.15, 0.2) is 0 Å². The van der Waals surface area contributed by atoms with Crippen LogP contribution in [0.15, 0.2) is 60.7 Å². The number of benzene rings is 3. The highest BCUT2D eigenvalue weighted by atomic mass is 19.4. The zero-order valence-electron chi connectivity index (χ0n) is 16.0. The van der Waals surface area contributed by atoms with Crippen LogP contribution in [0.1, 0.15) is 27.9 Å². The van der Waals surface area contributed by atoms with Crippen LogP contribution in [0.25, 0.3) is 10.8 Å². The van der Waals surface area contributed by atoms with E-state index in [-0.39, 0.29) is 18.6 Å². The van der Waals surface area contributed by atoms with Gasteiger partial charge in [-0.25, -0.2) is 0 Å². The molecular formula is C23H20F3NO3. The highest BCUT2D eigenvalue weighted by molar-refractivity contribution is 6.04. The van der Waals surface area contributed by atoms with Crippen molar-refractivity contribution in [2.24, 2.45) is 0 Å². The smallest absolute Gasteiger partial charge is 0.416 e. The first-order valence-corrected chi connectivity index (χ1v) is 9.61. The number of nitrogens with one attached hydrogen (secondary N) is 1. The molecule has 1 atom stereocenters. The lowest BCUT2D eigenvalue weighted by Crippen LogP contribution is -2.35. The van der Waals surface area contributed by atoms with Crippen LogP contribution in [0, 0.1) is 0 Å². The molecule has 7 heteroatoms. The molecule has 1 N–H and O–H groups in total. The summed E-state index contributed by atoms with van der Waals surface area (Å²) in [6, 6.07) is 15.8. The van der Waals surface area contributed by atoms with Gasteiger partial charge in [0.2, 0.25) is 0 Å². The lowest BCUT2D eigenvalue weighted by molar-refractivity contribution is -0.137. The van der Waals surface area contributed by atoms with Gasteiger partial charge in [0.1, 0.15) is 12.4 Å². The number of rotatable bonds is 5. The largest absolute Gasteiger partial charge is 0.487 e. The molecular weight excluding hydrogens is 395 g/mol. The molecule has 4 nitrogen and oxygen atoms in total. The van der Waals surface area contributed by atoms with E-state index < -0.39 is 11.7 Å². The van der Waals surface area contributed by atoms with Crippen molar-refractivity contribution in [2.75, 3.05) is 13.2 Å². The molecule has 0 saturated carbocycles. The van der Waals surface area contributed by atoms with Crippen molar-refractivity contribution >= 4 is 16.7 Å². The molecule has 1 fully saturated rings. The van der Waals surface area contributed by atoms with Crippen molar-refractivity contribution in [2.45, 2.75) is 25.2 Å². The van der Waals surface area contributed by atoms with Crippen molar-refractivity contribution in [3.05, 3.63) is 77.4 Å². The Balaban J connectivity index is 1.60. The SMILES string of the molecule is O=C(NC1CCOC1)c1ccc2ccccc2c1OCc1ccc(C(F)(F)F)cc1. The summed E-state index contributed by atoms with van der Waals surface area (Å²) in [6.45, 7) is 1.12. The third-order valence-corrected chi connectivity index (χ3v) is 5.05. The molecule has 1 aliphatic heterocycles. The molecule has 0 spiro atoms. The van der Waals surface area contributed by atoms with Gasteiger partial charge in [-0.3, -0.25) is 4.79 Å². The topological polar surface area (TPSA) is 47.6 Å². The van der Waals surface area contributed by atoms with Gasteiger partial charge >= 0.3 is 6.18 Å². The zero-order valence-corrected chi connectivity index (χ0v) is 16.0. The lowest BCUT2D eigenvalue weighted by Gasteiger charge is -2.17. The number of amides is 1. The summed E-state index contributed by atoms with van der Waals surface area (Å²) in [4.78, 5) is 12.9. The fraction of sp³-hybridized carbons (Fsp3) is 0.261. The molecule has 156 valence electrons. The molecule has 30 heavy (non-hydrogen) atoms. The third-order valence-electron chi connectivity index (χ3n) is 5.05. The molecule has 0 aliphatic carbocycles. The highest BCUT2D eigenvalue weighted by Gasteiger charge is 2.30. The summed E-state index contributed by atoms with van der Waals surface area (Å²) in [5, 5.41) is 4.62. The van der Waals surface area contributed by atoms with Gasteiger partial charge in [0, 0.05) is 12.0 Å². The van der Waals surface area contributed by atoms with Crippen LogP contribution >= 0.6 is 0 Å². The van der Waals surface area contributed by atoms with E-state index in [2.05, 4.69) is 5.32 Å². The van der Waals surface area contributed by atoms with Crippen molar-refractivity contribution in [3.63, 3.8) is 0 Å². The Morgan fingerprint density at radius 1 is 1.07 bits per heavy atom. The van der Waals surface area contributed by atoms with Crippen LogP contribution in [-0.4, -0.2) is 25.2 Å². The highest BCUT2D eigenvalue weighted by Crippen LogP contribution is 2.32. The number of carbonyl (C=O) groups excluding carboxylic acids is 1. The molecule has 0 aromatic heterocycles. The quantitative estimate of drug-likeness (QED) is 0.641. The number of ether oxygens (including phenoxy) is 2. The first-order chi connectivity index (χ1) is 14.4. The standard InChI is InChI=1S/C23H20F3NO3/c24-23(25,26)17-8-5-15(6-9-17)13-30-21-19-4-2-1-3-16(19)7-10-20(21)22(28)27-18-11-12-29-14-18/h1-10,18H,11-14H2,(H,27,28). The van der Waals surface area contributed by atoms with Crippen LogP contribution in [0.3, 0.4) is 0 Å². The Hall–Kier alpha value is -3.06. The van der Waals surface area contributed by atoms with Crippen molar-refractivity contribution < 1.29 is 27.4 Å². The minimum atomic E-state index is -4.38. The maximum atomic E-state index is 12.9. The van der Waals surface area contributed by atoms with Gasteiger partial charge in [-0.15, -0.1) is 0 Å². The van der Waals surface area contributed by atoms with Crippen molar-refractivity contribution in [1.29, 1.82) is 0 Å². The van der Waals surface area contributed by atoms with E-state index in [1.807, 2.05) is 30.3 Å². The molecule has 0 radical (unpaired) electrons. The summed E-state index contributed by atoms with van der Waals surface area (Å²) in [7, 11) is 0. The normalized spacial score (nSPS) is 16.6. The fourth-order valence-electron chi connectivity index (χ4n) is 3.43. The van der Waals surface area contributed by atoms with E-state index >= 15 is 0 Å². The monoisotopic (exact) mass is 415 g/mol. The van der Waals surface area contributed by atoms with Gasteiger partial charge < -0.3 is 14.8 Å². The average molecular weight is 415 g/mol. The fourth-order valence-corrected chi connectivity index (χ4v) is 3.43. The lowest BCUT2D eigenvalue weighted by atomic mass is 10.0. The molecule has 1 heterocycles. The van der Waals surface area contributed by atoms with E-state index in [0.29, 0.717) is 30.1 Å². The molecule has 3 aromatic carbocycles. The number of fused-ring (bicyclic) bond motifs is 1. The second-order valence-corrected chi connectivity index (χ2v) is 7.18. The maximum absolute atomic E-state index is 12.9. The molecule has 4 rings (SSSR count). The number of carbonyl (C=O) groups is 1. The van der Waals surface area contributed by atoms with Gasteiger partial charge in [-0.05, 0) is 35.6 Å². The van der Waals surface area contributed by atoms with Gasteiger partial charge in [-0.1, -0.05) is 42.5 Å². The van der Waals surface area contributed by atoms with Crippen LogP contribution in [0.2, 0.25) is 0 Å². The van der Waals surface area contributed by atoms with E-state index in [9.17, 15) is 18.0 Å². The molecule has 1 unspecified atom stereocenters. The Morgan fingerprint density at radius 2 is 1.83 bits per heavy atom. The van der Waals surface area contributed by atoms with Gasteiger partial charge in [0.05, 0.1) is 23.8 Å². The minimum Gasteiger partial charge on any atom is -0.487 e. The van der Waals surface area contributed by atoms with E-state index in [1.54, 1.807) is 6.07 Å². The summed E-state index contributed by atoms with van der Waals surface area (Å²) in [5.41, 5.74) is 0.245. The summed E-state index contributed by atoms with van der Waals surface area (Å²) in [6.07, 6.45) is -3.63. The Kier molecular flexibility index (Phi) is 5.63. The second-order valence-electron chi connectivity index (χ2n) is 7.18. The van der Waals surface area contributed by atoms with E-state index in [0.717, 1.165) is 29.3 Å². The molecule has 0 bridgehead atoms. The average Bonchev–Trinajstić information content (AvgIpc) is 3.24. The summed E-state index contributed by atoms with van der Waals surface area (Å²) < 4.78 is 49.6. The predicted octanol–water partition coefficient (Wildman–Crippen LogP) is 4.96. The number of hydrogen-bond donors (Lipinski definition) is 1. The molecule has 1 saturated heterocycles. The second kappa shape index (κ2) is 8.36. The Morgan fingerprint density at radius 3 is 2.53 bits per heavy atom. The zero-order chi connectivity index (χ0) is 21.1. The summed E-state index contributed by atoms with van der Waals surface area (Å²) >= 11 is 0. The minimum absolute atomic E-state index is 0.0406. The molecule has 1 aliphatic rings. The van der Waals surface area contributed by atoms with Gasteiger partial charge in [0.25, 0.3) is 5.91 Å². The first-order valence-electron chi connectivity index (χ1n) is 9.61. The number of hydrogen-bond acceptors (Lipinski definition) is 3.